The van der Waals surface area contributed by atoms with Crippen molar-refractivity contribution in [3.8, 4) is 6.07 Å². The Balaban J connectivity index is 1.36. The number of anilines is 6. The van der Waals surface area contributed by atoms with E-state index in [1.165, 1.54) is 70.0 Å². The van der Waals surface area contributed by atoms with Crippen LogP contribution in [-0.4, -0.2) is 0 Å². The van der Waals surface area contributed by atoms with Gasteiger partial charge in [0, 0.05) is 33.5 Å². The van der Waals surface area contributed by atoms with Gasteiger partial charge in [-0.05, 0) is 119 Å². The van der Waals surface area contributed by atoms with Crippen molar-refractivity contribution in [1.82, 2.24) is 0 Å². The van der Waals surface area contributed by atoms with Gasteiger partial charge in [0.25, 0.3) is 0 Å². The molecular weight excluding hydrogens is 633 g/mol. The lowest BCUT2D eigenvalue weighted by atomic mass is 9.79. The molecule has 8 aromatic carbocycles. The molecule has 1 saturated carbocycles. The number of benzene rings is 8. The van der Waals surface area contributed by atoms with Gasteiger partial charge >= 0.3 is 0 Å². The van der Waals surface area contributed by atoms with Gasteiger partial charge in [-0.1, -0.05) is 98.1 Å². The van der Waals surface area contributed by atoms with E-state index >= 15 is 0 Å². The SMILES string of the molecule is [C-]#[N+]c1ccc(N(c2ccccc2)c2cc(C3CCCCC3)c3ccc4c(N(c5ccccc5)c5ccc(C#N)cc5)ccc5ccc2c3c54)cc1. The van der Waals surface area contributed by atoms with Crippen molar-refractivity contribution in [1.29, 1.82) is 5.26 Å². The summed E-state index contributed by atoms with van der Waals surface area (Å²) >= 11 is 0. The summed E-state index contributed by atoms with van der Waals surface area (Å²) in [5, 5.41) is 17.1. The highest BCUT2D eigenvalue weighted by Crippen LogP contribution is 2.50. The highest BCUT2D eigenvalue weighted by atomic mass is 15.1. The van der Waals surface area contributed by atoms with Gasteiger partial charge in [0.15, 0.2) is 5.69 Å². The number of nitrogens with zero attached hydrogens (tertiary/aromatic N) is 4. The van der Waals surface area contributed by atoms with Gasteiger partial charge in [0.1, 0.15) is 0 Å². The molecule has 4 heteroatoms. The van der Waals surface area contributed by atoms with E-state index in [2.05, 4.69) is 130 Å². The minimum absolute atomic E-state index is 0.484. The maximum Gasteiger partial charge on any atom is 0.187 e. The Kier molecular flexibility index (Phi) is 8.00. The second kappa shape index (κ2) is 13.3. The number of rotatable bonds is 7. The van der Waals surface area contributed by atoms with Crippen molar-refractivity contribution >= 4 is 72.1 Å². The first kappa shape index (κ1) is 31.4. The molecule has 0 radical (unpaired) electrons. The third-order valence-electron chi connectivity index (χ3n) is 10.8. The molecule has 0 amide bonds. The summed E-state index contributed by atoms with van der Waals surface area (Å²) in [6.45, 7) is 7.59. The highest BCUT2D eigenvalue weighted by Gasteiger charge is 2.26. The van der Waals surface area contributed by atoms with Gasteiger partial charge in [0.05, 0.1) is 29.6 Å². The molecule has 4 nitrogen and oxygen atoms in total. The van der Waals surface area contributed by atoms with Crippen LogP contribution in [0.1, 0.15) is 49.1 Å². The first-order chi connectivity index (χ1) is 25.7. The largest absolute Gasteiger partial charge is 0.310 e. The lowest BCUT2D eigenvalue weighted by molar-refractivity contribution is 0.445. The molecule has 0 unspecified atom stereocenters. The highest BCUT2D eigenvalue weighted by molar-refractivity contribution is 6.28. The molecule has 8 aromatic rings. The monoisotopic (exact) mass is 668 g/mol. The van der Waals surface area contributed by atoms with Crippen LogP contribution in [0.3, 0.4) is 0 Å². The Morgan fingerprint density at radius 3 is 1.71 bits per heavy atom. The van der Waals surface area contributed by atoms with E-state index in [1.807, 2.05) is 42.5 Å². The topological polar surface area (TPSA) is 34.6 Å². The van der Waals surface area contributed by atoms with Crippen molar-refractivity contribution in [2.24, 2.45) is 0 Å². The van der Waals surface area contributed by atoms with Crippen LogP contribution in [0.5, 0.6) is 0 Å². The lowest BCUT2D eigenvalue weighted by Gasteiger charge is -2.32. The van der Waals surface area contributed by atoms with E-state index in [4.69, 9.17) is 6.57 Å². The summed E-state index contributed by atoms with van der Waals surface area (Å²) in [6.07, 6.45) is 6.19. The third kappa shape index (κ3) is 5.38. The van der Waals surface area contributed by atoms with Gasteiger partial charge in [0.2, 0.25) is 0 Å². The zero-order valence-electron chi connectivity index (χ0n) is 28.8. The first-order valence-electron chi connectivity index (χ1n) is 18.1. The smallest absolute Gasteiger partial charge is 0.187 e. The summed E-state index contributed by atoms with van der Waals surface area (Å²) in [7, 11) is 0. The summed E-state index contributed by atoms with van der Waals surface area (Å²) in [5.74, 6) is 0.484. The Hall–Kier alpha value is -6.62. The van der Waals surface area contributed by atoms with Gasteiger partial charge < -0.3 is 9.80 Å². The van der Waals surface area contributed by atoms with E-state index in [1.54, 1.807) is 0 Å². The number of para-hydroxylation sites is 2. The van der Waals surface area contributed by atoms with Crippen molar-refractivity contribution in [3.63, 3.8) is 0 Å². The molecule has 9 rings (SSSR count). The Labute approximate surface area is 304 Å². The Morgan fingerprint density at radius 1 is 0.538 bits per heavy atom. The van der Waals surface area contributed by atoms with Crippen molar-refractivity contribution in [2.75, 3.05) is 9.80 Å². The van der Waals surface area contributed by atoms with Gasteiger partial charge in [-0.2, -0.15) is 5.26 Å². The van der Waals surface area contributed by atoms with Crippen molar-refractivity contribution in [3.05, 3.63) is 174 Å². The molecule has 0 saturated heterocycles. The standard InChI is InChI=1S/C48H36N4/c1-50-36-21-25-40(26-22-36)52(38-15-9-4-10-16-38)46-31-44(34-11-5-2-6-12-34)41-28-29-42-45(30-20-35-19-27-43(46)48(41)47(35)42)51(37-13-7-3-8-14-37)39-23-17-33(32-49)18-24-39/h3-4,7-10,13-31,34H,2,5-6,11-12H2. The molecule has 0 atom stereocenters. The molecule has 0 heterocycles. The van der Waals surface area contributed by atoms with E-state index < -0.39 is 0 Å². The van der Waals surface area contributed by atoms with Crippen LogP contribution in [0.15, 0.2) is 152 Å². The second-order valence-corrected chi connectivity index (χ2v) is 13.8. The van der Waals surface area contributed by atoms with Crippen molar-refractivity contribution in [2.45, 2.75) is 38.0 Å². The first-order valence-corrected chi connectivity index (χ1v) is 18.1. The van der Waals surface area contributed by atoms with Gasteiger partial charge in [-0.15, -0.1) is 0 Å². The summed E-state index contributed by atoms with van der Waals surface area (Å²) in [4.78, 5) is 8.37. The molecule has 0 aliphatic heterocycles. The lowest BCUT2D eigenvalue weighted by Crippen LogP contribution is -2.13. The van der Waals surface area contributed by atoms with Gasteiger partial charge in [-0.3, -0.25) is 0 Å². The molecule has 0 bridgehead atoms. The fourth-order valence-electron chi connectivity index (χ4n) is 8.39. The molecule has 248 valence electrons. The zero-order valence-corrected chi connectivity index (χ0v) is 28.8. The van der Waals surface area contributed by atoms with E-state index in [-0.39, 0.29) is 0 Å². The summed E-state index contributed by atoms with van der Waals surface area (Å²) in [5.41, 5.74) is 9.12. The molecule has 1 aliphatic carbocycles. The molecule has 0 spiro atoms. The minimum atomic E-state index is 0.484. The van der Waals surface area contributed by atoms with E-state index in [9.17, 15) is 5.26 Å². The van der Waals surface area contributed by atoms with Crippen LogP contribution in [0.25, 0.3) is 37.2 Å². The van der Waals surface area contributed by atoms with Crippen molar-refractivity contribution < 1.29 is 0 Å². The molecule has 52 heavy (non-hydrogen) atoms. The number of nitriles is 1. The van der Waals surface area contributed by atoms with E-state index in [0.717, 1.165) is 34.1 Å². The molecular formula is C48H36N4. The molecule has 0 aromatic heterocycles. The van der Waals surface area contributed by atoms with E-state index in [0.29, 0.717) is 17.2 Å². The summed E-state index contributed by atoms with van der Waals surface area (Å²) < 4.78 is 0. The molecule has 1 aliphatic rings. The Morgan fingerprint density at radius 2 is 1.08 bits per heavy atom. The zero-order chi connectivity index (χ0) is 35.0. The minimum Gasteiger partial charge on any atom is -0.310 e. The quantitative estimate of drug-likeness (QED) is 0.125. The van der Waals surface area contributed by atoms with Crippen LogP contribution >= 0.6 is 0 Å². The average molecular weight is 669 g/mol. The maximum absolute atomic E-state index is 9.57. The second-order valence-electron chi connectivity index (χ2n) is 13.8. The Bertz CT molecular complexity index is 2610. The fraction of sp³-hybridized carbons (Fsp3) is 0.125. The van der Waals surface area contributed by atoms with Crippen LogP contribution in [0, 0.1) is 17.9 Å². The number of hydrogen-bond donors (Lipinski definition) is 0. The van der Waals surface area contributed by atoms with Crippen LogP contribution in [0.2, 0.25) is 0 Å². The summed E-state index contributed by atoms with van der Waals surface area (Å²) in [6, 6.07) is 55.5. The van der Waals surface area contributed by atoms with Crippen LogP contribution in [-0.2, 0) is 0 Å². The molecule has 1 fully saturated rings. The number of hydrogen-bond acceptors (Lipinski definition) is 3. The normalized spacial score (nSPS) is 13.3. The van der Waals surface area contributed by atoms with Gasteiger partial charge in [-0.25, -0.2) is 4.85 Å². The average Bonchev–Trinajstić information content (AvgIpc) is 3.22. The maximum atomic E-state index is 9.57. The third-order valence-corrected chi connectivity index (χ3v) is 10.8. The fourth-order valence-corrected chi connectivity index (χ4v) is 8.39. The predicted molar refractivity (Wildman–Crippen MR) is 216 cm³/mol. The predicted octanol–water partition coefficient (Wildman–Crippen LogP) is 14.0. The van der Waals surface area contributed by atoms with Crippen LogP contribution in [0.4, 0.5) is 39.8 Å². The van der Waals surface area contributed by atoms with Crippen LogP contribution < -0.4 is 9.80 Å². The molecule has 0 N–H and O–H groups in total.